The number of hydrogen-bond acceptors (Lipinski definition) is 5. The second-order valence-electron chi connectivity index (χ2n) is 8.02. The van der Waals surface area contributed by atoms with E-state index in [0.717, 1.165) is 44.2 Å². The topological polar surface area (TPSA) is 35.5 Å². The van der Waals surface area contributed by atoms with Gasteiger partial charge < -0.3 is 14.7 Å². The molecule has 0 atom stereocenters. The number of aryl methyl sites for hydroxylation is 1. The summed E-state index contributed by atoms with van der Waals surface area (Å²) < 4.78 is 0. The zero-order chi connectivity index (χ0) is 20.2. The van der Waals surface area contributed by atoms with Gasteiger partial charge in [0, 0.05) is 56.4 Å². The third-order valence-corrected chi connectivity index (χ3v) is 5.36. The van der Waals surface area contributed by atoms with Crippen LogP contribution in [0, 0.1) is 6.92 Å². The van der Waals surface area contributed by atoms with Crippen molar-refractivity contribution in [1.29, 1.82) is 0 Å². The average Bonchev–Trinajstić information content (AvgIpc) is 2.74. The minimum atomic E-state index is 0.821. The predicted molar refractivity (Wildman–Crippen MR) is 120 cm³/mol. The van der Waals surface area contributed by atoms with Crippen LogP contribution in [0.25, 0.3) is 11.1 Å². The first-order valence-corrected chi connectivity index (χ1v) is 10.2. The average molecular weight is 388 g/mol. The van der Waals surface area contributed by atoms with E-state index in [2.05, 4.69) is 94.2 Å². The number of nitrogens with zero attached hydrogens (tertiary/aromatic N) is 5. The summed E-state index contributed by atoms with van der Waals surface area (Å²) in [5, 5.41) is 0. The molecule has 150 valence electrons. The number of anilines is 2. The Kier molecular flexibility index (Phi) is 5.76. The summed E-state index contributed by atoms with van der Waals surface area (Å²) in [6.07, 6.45) is 3.90. The Morgan fingerprint density at radius 3 is 2.14 bits per heavy atom. The molecule has 0 N–H and O–H groups in total. The van der Waals surface area contributed by atoms with Crippen LogP contribution in [0.3, 0.4) is 0 Å². The van der Waals surface area contributed by atoms with Crippen molar-refractivity contribution in [1.82, 2.24) is 14.9 Å². The van der Waals surface area contributed by atoms with Crippen LogP contribution in [0.5, 0.6) is 0 Å². The van der Waals surface area contributed by atoms with E-state index in [1.54, 1.807) is 0 Å². The predicted octanol–water partition coefficient (Wildman–Crippen LogP) is 3.84. The first-order valence-electron chi connectivity index (χ1n) is 10.2. The van der Waals surface area contributed by atoms with Gasteiger partial charge in [0.05, 0.1) is 0 Å². The molecule has 29 heavy (non-hydrogen) atoms. The number of piperazine rings is 1. The van der Waals surface area contributed by atoms with Gasteiger partial charge in [-0.2, -0.15) is 0 Å². The summed E-state index contributed by atoms with van der Waals surface area (Å²) in [6.45, 7) is 6.90. The van der Waals surface area contributed by atoms with Crippen LogP contribution in [-0.4, -0.2) is 55.1 Å². The lowest BCUT2D eigenvalue weighted by atomic mass is 10.1. The van der Waals surface area contributed by atoms with Crippen molar-refractivity contribution in [3.05, 3.63) is 72.1 Å². The number of aromatic nitrogens is 2. The molecule has 1 saturated heterocycles. The summed E-state index contributed by atoms with van der Waals surface area (Å²) in [4.78, 5) is 16.2. The molecule has 2 heterocycles. The molecule has 5 nitrogen and oxygen atoms in total. The normalized spacial score (nSPS) is 14.5. The molecular formula is C24H29N5. The van der Waals surface area contributed by atoms with Crippen molar-refractivity contribution >= 4 is 11.6 Å². The van der Waals surface area contributed by atoms with Gasteiger partial charge in [-0.05, 0) is 50.3 Å². The third-order valence-electron chi connectivity index (χ3n) is 5.36. The Labute approximate surface area is 173 Å². The van der Waals surface area contributed by atoms with E-state index in [4.69, 9.17) is 0 Å². The highest BCUT2D eigenvalue weighted by atomic mass is 15.3. The van der Waals surface area contributed by atoms with Crippen molar-refractivity contribution < 1.29 is 0 Å². The molecule has 1 fully saturated rings. The van der Waals surface area contributed by atoms with Crippen molar-refractivity contribution in [2.24, 2.45) is 0 Å². The molecule has 0 saturated carbocycles. The Balaban J connectivity index is 1.40. The fraction of sp³-hybridized carbons (Fsp3) is 0.333. The maximum absolute atomic E-state index is 4.66. The molecule has 1 aromatic heterocycles. The molecule has 0 aliphatic carbocycles. The fourth-order valence-corrected chi connectivity index (χ4v) is 3.77. The minimum absolute atomic E-state index is 0.821. The Morgan fingerprint density at radius 1 is 0.828 bits per heavy atom. The molecule has 1 aliphatic heterocycles. The van der Waals surface area contributed by atoms with Crippen LogP contribution >= 0.6 is 0 Å². The second-order valence-corrected chi connectivity index (χ2v) is 8.02. The Hall–Kier alpha value is -2.92. The van der Waals surface area contributed by atoms with Crippen LogP contribution in [0.1, 0.15) is 11.1 Å². The van der Waals surface area contributed by atoms with Crippen LogP contribution in [0.15, 0.2) is 60.9 Å². The number of rotatable bonds is 5. The molecular weight excluding hydrogens is 358 g/mol. The van der Waals surface area contributed by atoms with Gasteiger partial charge >= 0.3 is 0 Å². The minimum Gasteiger partial charge on any atom is -0.368 e. The molecule has 0 spiro atoms. The standard InChI is InChI=1S/C24H29N5/c1-19-7-9-23(10-8-19)28-11-13-29(14-12-28)24-25-16-22(17-26-24)21-6-4-5-20(15-21)18-27(2)3/h4-10,15-17H,11-14,18H2,1-3H3. The summed E-state index contributed by atoms with van der Waals surface area (Å²) in [5.74, 6) is 0.821. The quantitative estimate of drug-likeness (QED) is 0.665. The van der Waals surface area contributed by atoms with E-state index < -0.39 is 0 Å². The van der Waals surface area contributed by atoms with Gasteiger partial charge in [-0.3, -0.25) is 0 Å². The molecule has 0 amide bonds. The smallest absolute Gasteiger partial charge is 0.225 e. The van der Waals surface area contributed by atoms with Gasteiger partial charge in [-0.15, -0.1) is 0 Å². The SMILES string of the molecule is Cc1ccc(N2CCN(c3ncc(-c4cccc(CN(C)C)c4)cn3)CC2)cc1. The van der Waals surface area contributed by atoms with Crippen molar-refractivity contribution in [2.45, 2.75) is 13.5 Å². The molecule has 5 heteroatoms. The first-order chi connectivity index (χ1) is 14.1. The van der Waals surface area contributed by atoms with E-state index in [1.165, 1.54) is 22.4 Å². The number of hydrogen-bond donors (Lipinski definition) is 0. The zero-order valence-electron chi connectivity index (χ0n) is 17.5. The lowest BCUT2D eigenvalue weighted by molar-refractivity contribution is 0.402. The summed E-state index contributed by atoms with van der Waals surface area (Å²) in [5.41, 5.74) is 6.12. The molecule has 0 bridgehead atoms. The van der Waals surface area contributed by atoms with Gasteiger partial charge in [0.1, 0.15) is 0 Å². The van der Waals surface area contributed by atoms with E-state index in [9.17, 15) is 0 Å². The van der Waals surface area contributed by atoms with E-state index >= 15 is 0 Å². The van der Waals surface area contributed by atoms with Crippen LogP contribution in [0.4, 0.5) is 11.6 Å². The van der Waals surface area contributed by atoms with Gasteiger partial charge in [-0.25, -0.2) is 9.97 Å². The van der Waals surface area contributed by atoms with Crippen LogP contribution < -0.4 is 9.80 Å². The maximum Gasteiger partial charge on any atom is 0.225 e. The highest BCUT2D eigenvalue weighted by Gasteiger charge is 2.19. The van der Waals surface area contributed by atoms with E-state index in [0.29, 0.717) is 0 Å². The van der Waals surface area contributed by atoms with Gasteiger partial charge in [0.25, 0.3) is 0 Å². The fourth-order valence-electron chi connectivity index (χ4n) is 3.77. The van der Waals surface area contributed by atoms with Crippen molar-refractivity contribution in [3.8, 4) is 11.1 Å². The highest BCUT2D eigenvalue weighted by molar-refractivity contribution is 5.63. The molecule has 4 rings (SSSR count). The number of benzene rings is 2. The van der Waals surface area contributed by atoms with E-state index in [1.807, 2.05) is 12.4 Å². The maximum atomic E-state index is 4.66. The van der Waals surface area contributed by atoms with Crippen LogP contribution in [0.2, 0.25) is 0 Å². The summed E-state index contributed by atoms with van der Waals surface area (Å²) in [7, 11) is 4.17. The van der Waals surface area contributed by atoms with Crippen LogP contribution in [-0.2, 0) is 6.54 Å². The Morgan fingerprint density at radius 2 is 1.48 bits per heavy atom. The highest BCUT2D eigenvalue weighted by Crippen LogP contribution is 2.22. The van der Waals surface area contributed by atoms with Gasteiger partial charge in [0.15, 0.2) is 0 Å². The van der Waals surface area contributed by atoms with Gasteiger partial charge in [0.2, 0.25) is 5.95 Å². The lowest BCUT2D eigenvalue weighted by Gasteiger charge is -2.36. The van der Waals surface area contributed by atoms with Crippen molar-refractivity contribution in [2.75, 3.05) is 50.1 Å². The zero-order valence-corrected chi connectivity index (χ0v) is 17.5. The van der Waals surface area contributed by atoms with E-state index in [-0.39, 0.29) is 0 Å². The Bertz CT molecular complexity index is 926. The molecule has 3 aromatic rings. The van der Waals surface area contributed by atoms with Gasteiger partial charge in [-0.1, -0.05) is 35.9 Å². The largest absolute Gasteiger partial charge is 0.368 e. The lowest BCUT2D eigenvalue weighted by Crippen LogP contribution is -2.47. The molecule has 1 aliphatic rings. The molecule has 2 aromatic carbocycles. The second kappa shape index (κ2) is 8.62. The van der Waals surface area contributed by atoms with Crippen molar-refractivity contribution in [3.63, 3.8) is 0 Å². The third kappa shape index (κ3) is 4.74. The first kappa shape index (κ1) is 19.4. The molecule has 0 radical (unpaired) electrons. The monoisotopic (exact) mass is 387 g/mol. The summed E-state index contributed by atoms with van der Waals surface area (Å²) >= 11 is 0. The summed E-state index contributed by atoms with van der Waals surface area (Å²) in [6, 6.07) is 17.4. The molecule has 0 unspecified atom stereocenters.